The van der Waals surface area contributed by atoms with Gasteiger partial charge in [-0.05, 0) is 36.4 Å². The van der Waals surface area contributed by atoms with Crippen LogP contribution in [0.2, 0.25) is 0 Å². The van der Waals surface area contributed by atoms with Gasteiger partial charge in [0, 0.05) is 5.69 Å². The molecule has 138 valence electrons. The van der Waals surface area contributed by atoms with E-state index in [4.69, 9.17) is 9.88 Å². The zero-order valence-electron chi connectivity index (χ0n) is 14.0. The number of hydrogen-bond donors (Lipinski definition) is 3. The third-order valence-electron chi connectivity index (χ3n) is 3.62. The number of rotatable bonds is 6. The Kier molecular flexibility index (Phi) is 5.11. The van der Waals surface area contributed by atoms with Crippen LogP contribution in [0.15, 0.2) is 77.7 Å². The second-order valence-corrected chi connectivity index (χ2v) is 7.14. The van der Waals surface area contributed by atoms with E-state index in [0.717, 1.165) is 6.07 Å². The van der Waals surface area contributed by atoms with Gasteiger partial charge in [0.1, 0.15) is 10.6 Å². The summed E-state index contributed by atoms with van der Waals surface area (Å²) in [6.07, 6.45) is 0. The van der Waals surface area contributed by atoms with Crippen molar-refractivity contribution < 1.29 is 23.1 Å². The quantitative estimate of drug-likeness (QED) is 0.598. The lowest BCUT2D eigenvalue weighted by atomic mass is 10.1. The zero-order valence-corrected chi connectivity index (χ0v) is 14.8. The number of hydrogen-bond acceptors (Lipinski definition) is 5. The van der Waals surface area contributed by atoms with Gasteiger partial charge in [0.05, 0.1) is 11.3 Å². The third kappa shape index (κ3) is 4.43. The number of nitrogens with one attached hydrogen (secondary N) is 1. The second kappa shape index (κ2) is 7.48. The summed E-state index contributed by atoms with van der Waals surface area (Å²) in [7, 11) is -4.25. The molecule has 0 aliphatic rings. The van der Waals surface area contributed by atoms with E-state index in [-0.39, 0.29) is 17.0 Å². The molecule has 0 heterocycles. The van der Waals surface area contributed by atoms with E-state index < -0.39 is 20.9 Å². The zero-order chi connectivity index (χ0) is 19.4. The van der Waals surface area contributed by atoms with Crippen LogP contribution >= 0.6 is 0 Å². The molecule has 3 rings (SSSR count). The van der Waals surface area contributed by atoms with Crippen LogP contribution in [0, 0.1) is 0 Å². The number of carboxylic acid groups (broad SMARTS) is 1. The van der Waals surface area contributed by atoms with Crippen molar-refractivity contribution in [3.63, 3.8) is 0 Å². The van der Waals surface area contributed by atoms with Crippen molar-refractivity contribution in [2.24, 2.45) is 5.14 Å². The van der Waals surface area contributed by atoms with Gasteiger partial charge >= 0.3 is 5.97 Å². The van der Waals surface area contributed by atoms with Crippen LogP contribution in [0.3, 0.4) is 0 Å². The molecular formula is C19H16N2O5S. The number of ether oxygens (including phenoxy) is 1. The van der Waals surface area contributed by atoms with Gasteiger partial charge < -0.3 is 15.2 Å². The Balaban J connectivity index is 2.20. The van der Waals surface area contributed by atoms with Gasteiger partial charge in [0.2, 0.25) is 10.0 Å². The molecule has 0 atom stereocenters. The van der Waals surface area contributed by atoms with Crippen LogP contribution in [0.1, 0.15) is 10.4 Å². The van der Waals surface area contributed by atoms with E-state index in [9.17, 15) is 18.3 Å². The predicted molar refractivity (Wildman–Crippen MR) is 101 cm³/mol. The van der Waals surface area contributed by atoms with Crippen LogP contribution in [-0.2, 0) is 10.0 Å². The van der Waals surface area contributed by atoms with Crippen molar-refractivity contribution in [1.82, 2.24) is 0 Å². The molecule has 3 aromatic rings. The second-order valence-electron chi connectivity index (χ2n) is 5.61. The fourth-order valence-electron chi connectivity index (χ4n) is 2.42. The van der Waals surface area contributed by atoms with Gasteiger partial charge in [0.15, 0.2) is 5.75 Å². The Morgan fingerprint density at radius 2 is 1.56 bits per heavy atom. The largest absolute Gasteiger partial charge is 0.478 e. The summed E-state index contributed by atoms with van der Waals surface area (Å²) in [5.41, 5.74) is 0.546. The van der Waals surface area contributed by atoms with Crippen molar-refractivity contribution in [3.05, 3.63) is 78.4 Å². The van der Waals surface area contributed by atoms with Crippen molar-refractivity contribution >= 4 is 27.4 Å². The van der Waals surface area contributed by atoms with Gasteiger partial charge in [0.25, 0.3) is 0 Å². The minimum absolute atomic E-state index is 0.0856. The molecule has 0 fully saturated rings. The summed E-state index contributed by atoms with van der Waals surface area (Å²) in [5.74, 6) is -0.999. The first-order valence-corrected chi connectivity index (χ1v) is 9.38. The molecule has 0 amide bonds. The smallest absolute Gasteiger partial charge is 0.335 e. The van der Waals surface area contributed by atoms with Gasteiger partial charge in [-0.1, -0.05) is 36.4 Å². The molecule has 0 radical (unpaired) electrons. The highest BCUT2D eigenvalue weighted by molar-refractivity contribution is 7.89. The molecule has 0 bridgehead atoms. The van der Waals surface area contributed by atoms with E-state index in [1.165, 1.54) is 6.07 Å². The molecule has 7 nitrogen and oxygen atoms in total. The number of nitrogens with two attached hydrogens (primary N) is 1. The highest BCUT2D eigenvalue weighted by atomic mass is 32.2. The maximum absolute atomic E-state index is 12.1. The summed E-state index contributed by atoms with van der Waals surface area (Å²) in [4.78, 5) is 11.0. The van der Waals surface area contributed by atoms with E-state index in [1.807, 2.05) is 6.07 Å². The van der Waals surface area contributed by atoms with Crippen LogP contribution in [0.25, 0.3) is 0 Å². The minimum atomic E-state index is -4.25. The SMILES string of the molecule is NS(=O)(=O)c1cc(C(=O)O)cc(Nc2ccccc2)c1Oc1ccccc1. The van der Waals surface area contributed by atoms with Crippen molar-refractivity contribution in [3.8, 4) is 11.5 Å². The van der Waals surface area contributed by atoms with Crippen LogP contribution in [0.4, 0.5) is 11.4 Å². The van der Waals surface area contributed by atoms with Gasteiger partial charge in [-0.3, -0.25) is 0 Å². The summed E-state index contributed by atoms with van der Waals surface area (Å²) in [5, 5.41) is 17.6. The van der Waals surface area contributed by atoms with E-state index in [2.05, 4.69) is 5.32 Å². The molecule has 0 saturated heterocycles. The van der Waals surface area contributed by atoms with E-state index in [0.29, 0.717) is 11.4 Å². The van der Waals surface area contributed by atoms with E-state index >= 15 is 0 Å². The lowest BCUT2D eigenvalue weighted by molar-refractivity contribution is 0.0696. The molecule has 3 aromatic carbocycles. The number of carbonyl (C=O) groups is 1. The standard InChI is InChI=1S/C19H16N2O5S/c20-27(24,25)17-12-13(19(22)23)11-16(21-14-7-3-1-4-8-14)18(17)26-15-9-5-2-6-10-15/h1-12,21H,(H,22,23)(H2,20,24,25). The Bertz CT molecular complexity index is 1070. The number of sulfonamides is 1. The Morgan fingerprint density at radius 1 is 0.963 bits per heavy atom. The van der Waals surface area contributed by atoms with Gasteiger partial charge in [-0.25, -0.2) is 18.4 Å². The fraction of sp³-hybridized carbons (Fsp3) is 0. The number of aromatic carboxylic acids is 1. The number of carboxylic acids is 1. The lowest BCUT2D eigenvalue weighted by Crippen LogP contribution is -2.15. The minimum Gasteiger partial charge on any atom is -0.478 e. The Labute approximate surface area is 156 Å². The maximum Gasteiger partial charge on any atom is 0.335 e. The lowest BCUT2D eigenvalue weighted by Gasteiger charge is -2.17. The molecule has 0 spiro atoms. The van der Waals surface area contributed by atoms with Crippen molar-refractivity contribution in [2.75, 3.05) is 5.32 Å². The summed E-state index contributed by atoms with van der Waals surface area (Å²) in [6.45, 7) is 0. The third-order valence-corrected chi connectivity index (χ3v) is 4.54. The van der Waals surface area contributed by atoms with Crippen molar-refractivity contribution in [1.29, 1.82) is 0 Å². The van der Waals surface area contributed by atoms with Crippen LogP contribution < -0.4 is 15.2 Å². The van der Waals surface area contributed by atoms with Crippen LogP contribution in [0.5, 0.6) is 11.5 Å². The molecule has 27 heavy (non-hydrogen) atoms. The Hall–Kier alpha value is -3.36. The molecule has 0 aliphatic heterocycles. The number of para-hydroxylation sites is 2. The molecule has 0 aliphatic carbocycles. The summed E-state index contributed by atoms with van der Waals surface area (Å²) in [6, 6.07) is 19.7. The average molecular weight is 384 g/mol. The molecule has 0 aromatic heterocycles. The summed E-state index contributed by atoms with van der Waals surface area (Å²) >= 11 is 0. The molecule has 4 N–H and O–H groups in total. The van der Waals surface area contributed by atoms with Gasteiger partial charge in [-0.2, -0.15) is 0 Å². The average Bonchev–Trinajstić information content (AvgIpc) is 2.63. The van der Waals surface area contributed by atoms with Crippen molar-refractivity contribution in [2.45, 2.75) is 4.90 Å². The monoisotopic (exact) mass is 384 g/mol. The molecule has 0 unspecified atom stereocenters. The molecular weight excluding hydrogens is 368 g/mol. The highest BCUT2D eigenvalue weighted by Gasteiger charge is 2.23. The fourth-order valence-corrected chi connectivity index (χ4v) is 3.12. The molecule has 8 heteroatoms. The number of primary sulfonamides is 1. The number of benzene rings is 3. The summed E-state index contributed by atoms with van der Waals surface area (Å²) < 4.78 is 30.0. The first-order chi connectivity index (χ1) is 12.8. The Morgan fingerprint density at radius 3 is 2.11 bits per heavy atom. The van der Waals surface area contributed by atoms with E-state index in [1.54, 1.807) is 54.6 Å². The maximum atomic E-state index is 12.1. The number of anilines is 2. The first-order valence-electron chi connectivity index (χ1n) is 7.84. The normalized spacial score (nSPS) is 11.0. The topological polar surface area (TPSA) is 119 Å². The molecule has 0 saturated carbocycles. The highest BCUT2D eigenvalue weighted by Crippen LogP contribution is 2.38. The first kappa shape index (κ1) is 18.4. The predicted octanol–water partition coefficient (Wildman–Crippen LogP) is 3.57. The van der Waals surface area contributed by atoms with Crippen LogP contribution in [-0.4, -0.2) is 19.5 Å². The van der Waals surface area contributed by atoms with Gasteiger partial charge in [-0.15, -0.1) is 0 Å².